The maximum Gasteiger partial charge on any atom is 0.200 e. The van der Waals surface area contributed by atoms with Gasteiger partial charge in [-0.15, -0.1) is 11.3 Å². The highest BCUT2D eigenvalue weighted by molar-refractivity contribution is 7.11. The maximum absolute atomic E-state index is 13.5. The topological polar surface area (TPSA) is 12.9 Å². The van der Waals surface area contributed by atoms with E-state index in [4.69, 9.17) is 0 Å². The highest BCUT2D eigenvalue weighted by atomic mass is 32.1. The van der Waals surface area contributed by atoms with Crippen molar-refractivity contribution >= 4 is 11.3 Å². The lowest BCUT2D eigenvalue weighted by Crippen LogP contribution is -2.04. The van der Waals surface area contributed by atoms with Crippen LogP contribution < -0.4 is 0 Å². The Kier molecular flexibility index (Phi) is 3.10. The third kappa shape index (κ3) is 1.78. The number of aromatic nitrogens is 1. The van der Waals surface area contributed by atoms with Crippen LogP contribution in [0.4, 0.5) is 22.0 Å². The summed E-state index contributed by atoms with van der Waals surface area (Å²) in [5.74, 6) is -9.82. The largest absolute Gasteiger partial charge is 0.241 e. The zero-order chi connectivity index (χ0) is 13.6. The first-order valence-electron chi connectivity index (χ1n) is 4.80. The molecule has 0 saturated carbocycles. The molecule has 2 rings (SSSR count). The second kappa shape index (κ2) is 4.31. The van der Waals surface area contributed by atoms with Crippen molar-refractivity contribution in [1.29, 1.82) is 0 Å². The molecular formula is C11H6F5NS. The number of thiazole rings is 1. The fraction of sp³-hybridized carbons (Fsp3) is 0.182. The second-order valence-corrected chi connectivity index (χ2v) is 4.99. The lowest BCUT2D eigenvalue weighted by molar-refractivity contribution is 0.381. The highest BCUT2D eigenvalue weighted by Crippen LogP contribution is 2.34. The van der Waals surface area contributed by atoms with Gasteiger partial charge in [-0.2, -0.15) is 0 Å². The molecule has 0 aliphatic heterocycles. The monoisotopic (exact) mass is 279 g/mol. The standard InChI is InChI=1S/C11H6F5NS/c1-3-11(17-4(2)18-3)5-6(12)8(14)10(16)9(15)7(5)13/h1-2H3. The summed E-state index contributed by atoms with van der Waals surface area (Å²) < 4.78 is 66.0. The first kappa shape index (κ1) is 12.9. The number of halogens is 5. The van der Waals surface area contributed by atoms with E-state index in [-0.39, 0.29) is 5.69 Å². The van der Waals surface area contributed by atoms with Crippen LogP contribution in [0.3, 0.4) is 0 Å². The Morgan fingerprint density at radius 3 is 1.61 bits per heavy atom. The minimum atomic E-state index is -2.17. The Morgan fingerprint density at radius 1 is 0.778 bits per heavy atom. The summed E-state index contributed by atoms with van der Waals surface area (Å²) in [5.41, 5.74) is -1.20. The van der Waals surface area contributed by atoms with Gasteiger partial charge in [-0.3, -0.25) is 0 Å². The summed E-state index contributed by atoms with van der Waals surface area (Å²) in [6.45, 7) is 3.07. The molecule has 7 heteroatoms. The zero-order valence-corrected chi connectivity index (χ0v) is 10.1. The molecule has 18 heavy (non-hydrogen) atoms. The number of benzene rings is 1. The van der Waals surface area contributed by atoms with Gasteiger partial charge in [0.15, 0.2) is 23.3 Å². The van der Waals surface area contributed by atoms with Gasteiger partial charge in [0.05, 0.1) is 16.3 Å². The van der Waals surface area contributed by atoms with Gasteiger partial charge in [0.25, 0.3) is 0 Å². The molecule has 0 atom stereocenters. The number of aryl methyl sites for hydroxylation is 2. The maximum atomic E-state index is 13.5. The van der Waals surface area contributed by atoms with Crippen molar-refractivity contribution < 1.29 is 22.0 Å². The van der Waals surface area contributed by atoms with Gasteiger partial charge >= 0.3 is 0 Å². The molecule has 0 aliphatic carbocycles. The van der Waals surface area contributed by atoms with E-state index >= 15 is 0 Å². The molecule has 2 aromatic rings. The summed E-state index contributed by atoms with van der Waals surface area (Å²) in [4.78, 5) is 4.18. The van der Waals surface area contributed by atoms with E-state index in [1.807, 2.05) is 0 Å². The van der Waals surface area contributed by atoms with Crippen molar-refractivity contribution in [1.82, 2.24) is 4.98 Å². The van der Waals surface area contributed by atoms with E-state index < -0.39 is 34.6 Å². The molecule has 0 radical (unpaired) electrons. The average Bonchev–Trinajstić information content (AvgIpc) is 2.64. The molecule has 0 amide bonds. The van der Waals surface area contributed by atoms with E-state index in [9.17, 15) is 22.0 Å². The molecule has 96 valence electrons. The van der Waals surface area contributed by atoms with Gasteiger partial charge in [0, 0.05) is 4.88 Å². The highest BCUT2D eigenvalue weighted by Gasteiger charge is 2.28. The molecule has 0 bridgehead atoms. The average molecular weight is 279 g/mol. The van der Waals surface area contributed by atoms with Crippen molar-refractivity contribution in [3.63, 3.8) is 0 Å². The van der Waals surface area contributed by atoms with Gasteiger partial charge in [0.2, 0.25) is 5.82 Å². The zero-order valence-electron chi connectivity index (χ0n) is 9.25. The minimum Gasteiger partial charge on any atom is -0.241 e. The van der Waals surface area contributed by atoms with Gasteiger partial charge < -0.3 is 0 Å². The lowest BCUT2D eigenvalue weighted by Gasteiger charge is -2.06. The van der Waals surface area contributed by atoms with Crippen LogP contribution in [0.25, 0.3) is 11.3 Å². The predicted molar refractivity (Wildman–Crippen MR) is 56.8 cm³/mol. The van der Waals surface area contributed by atoms with Crippen molar-refractivity contribution in [3.05, 3.63) is 39.0 Å². The number of hydrogen-bond donors (Lipinski definition) is 0. The van der Waals surface area contributed by atoms with Gasteiger partial charge in [-0.05, 0) is 13.8 Å². The molecule has 0 unspecified atom stereocenters. The molecule has 0 N–H and O–H groups in total. The molecule has 1 aromatic heterocycles. The normalized spacial score (nSPS) is 11.1. The quantitative estimate of drug-likeness (QED) is 0.434. The van der Waals surface area contributed by atoms with Crippen LogP contribution in [-0.2, 0) is 0 Å². The van der Waals surface area contributed by atoms with E-state index in [1.54, 1.807) is 6.92 Å². The van der Waals surface area contributed by atoms with Crippen molar-refractivity contribution in [2.24, 2.45) is 0 Å². The third-order valence-corrected chi connectivity index (χ3v) is 3.24. The third-order valence-electron chi connectivity index (χ3n) is 2.35. The number of nitrogens with zero attached hydrogens (tertiary/aromatic N) is 1. The molecule has 1 heterocycles. The van der Waals surface area contributed by atoms with Crippen molar-refractivity contribution in [3.8, 4) is 11.3 Å². The van der Waals surface area contributed by atoms with Crippen LogP contribution in [0, 0.1) is 42.9 Å². The minimum absolute atomic E-state index is 0.217. The van der Waals surface area contributed by atoms with Crippen LogP contribution in [0.5, 0.6) is 0 Å². The first-order chi connectivity index (χ1) is 8.34. The van der Waals surface area contributed by atoms with E-state index in [2.05, 4.69) is 4.98 Å². The second-order valence-electron chi connectivity index (χ2n) is 3.58. The summed E-state index contributed by atoms with van der Waals surface area (Å²) in [5, 5.41) is 0.478. The Hall–Kier alpha value is -1.50. The Balaban J connectivity index is 2.84. The predicted octanol–water partition coefficient (Wildman–Crippen LogP) is 4.12. The van der Waals surface area contributed by atoms with Crippen LogP contribution >= 0.6 is 11.3 Å². The van der Waals surface area contributed by atoms with Crippen molar-refractivity contribution in [2.45, 2.75) is 13.8 Å². The van der Waals surface area contributed by atoms with Gasteiger partial charge in [-0.25, -0.2) is 26.9 Å². The summed E-state index contributed by atoms with van der Waals surface area (Å²) in [6, 6.07) is 0. The van der Waals surface area contributed by atoms with Crippen LogP contribution in [0.15, 0.2) is 0 Å². The number of hydrogen-bond acceptors (Lipinski definition) is 2. The van der Waals surface area contributed by atoms with E-state index in [1.165, 1.54) is 6.92 Å². The van der Waals surface area contributed by atoms with Crippen LogP contribution in [0.1, 0.15) is 9.88 Å². The Bertz CT molecular complexity index is 606. The summed E-state index contributed by atoms with van der Waals surface area (Å²) in [7, 11) is 0. The SMILES string of the molecule is Cc1nc(-c2c(F)c(F)c(F)c(F)c2F)c(C)s1. The summed E-state index contributed by atoms with van der Waals surface area (Å²) in [6.07, 6.45) is 0. The number of rotatable bonds is 1. The van der Waals surface area contributed by atoms with Gasteiger partial charge in [0.1, 0.15) is 0 Å². The Morgan fingerprint density at radius 2 is 1.22 bits per heavy atom. The lowest BCUT2D eigenvalue weighted by atomic mass is 10.1. The van der Waals surface area contributed by atoms with Crippen LogP contribution in [-0.4, -0.2) is 4.98 Å². The van der Waals surface area contributed by atoms with E-state index in [0.29, 0.717) is 9.88 Å². The van der Waals surface area contributed by atoms with Crippen LogP contribution in [0.2, 0.25) is 0 Å². The molecule has 0 saturated heterocycles. The fourth-order valence-electron chi connectivity index (χ4n) is 1.57. The fourth-order valence-corrected chi connectivity index (χ4v) is 2.40. The molecule has 0 spiro atoms. The molecule has 1 nitrogen and oxygen atoms in total. The molecular weight excluding hydrogens is 273 g/mol. The molecule has 1 aromatic carbocycles. The van der Waals surface area contributed by atoms with E-state index in [0.717, 1.165) is 11.3 Å². The van der Waals surface area contributed by atoms with Gasteiger partial charge in [-0.1, -0.05) is 0 Å². The smallest absolute Gasteiger partial charge is 0.200 e. The first-order valence-corrected chi connectivity index (χ1v) is 5.62. The molecule has 0 aliphatic rings. The molecule has 0 fully saturated rings. The summed E-state index contributed by atoms with van der Waals surface area (Å²) >= 11 is 1.11. The van der Waals surface area contributed by atoms with Crippen molar-refractivity contribution in [2.75, 3.05) is 0 Å². The Labute approximate surface area is 103 Å².